The number of phenols is 1. The van der Waals surface area contributed by atoms with Gasteiger partial charge in [-0.1, -0.05) is 0 Å². The van der Waals surface area contributed by atoms with Crippen LogP contribution in [0.1, 0.15) is 12.8 Å². The molecule has 1 saturated heterocycles. The van der Waals surface area contributed by atoms with Crippen LogP contribution in [0.15, 0.2) is 24.3 Å². The Bertz CT molecular complexity index is 408. The Morgan fingerprint density at radius 2 is 1.95 bits per heavy atom. The molecule has 19 heavy (non-hydrogen) atoms. The van der Waals surface area contributed by atoms with Gasteiger partial charge in [0.25, 0.3) is 0 Å². The molecule has 0 amide bonds. The molecular formula is C14H18O5. The normalized spacial score (nSPS) is 17.9. The van der Waals surface area contributed by atoms with Crippen LogP contribution in [0.4, 0.5) is 0 Å². The molecule has 0 spiro atoms. The van der Waals surface area contributed by atoms with Gasteiger partial charge in [-0.25, -0.2) is 0 Å². The van der Waals surface area contributed by atoms with E-state index in [1.807, 2.05) is 0 Å². The van der Waals surface area contributed by atoms with Crippen LogP contribution in [0.2, 0.25) is 0 Å². The molecule has 1 aliphatic rings. The van der Waals surface area contributed by atoms with Gasteiger partial charge in [-0.15, -0.1) is 0 Å². The SMILES string of the molecule is O=C(O)C(COc1ccc(O)cc1)C1CCOCC1. The van der Waals surface area contributed by atoms with E-state index in [0.29, 0.717) is 19.0 Å². The predicted octanol–water partition coefficient (Wildman–Crippen LogP) is 1.90. The molecule has 0 aliphatic carbocycles. The zero-order chi connectivity index (χ0) is 13.7. The van der Waals surface area contributed by atoms with Gasteiger partial charge in [0.2, 0.25) is 0 Å². The van der Waals surface area contributed by atoms with E-state index in [2.05, 4.69) is 0 Å². The molecule has 2 N–H and O–H groups in total. The number of carboxylic acids is 1. The maximum atomic E-state index is 11.3. The summed E-state index contributed by atoms with van der Waals surface area (Å²) >= 11 is 0. The Kier molecular flexibility index (Phi) is 4.63. The fraction of sp³-hybridized carbons (Fsp3) is 0.500. The molecule has 0 saturated carbocycles. The summed E-state index contributed by atoms with van der Waals surface area (Å²) in [5.41, 5.74) is 0. The van der Waals surface area contributed by atoms with E-state index >= 15 is 0 Å². The van der Waals surface area contributed by atoms with Crippen LogP contribution in [0.3, 0.4) is 0 Å². The van der Waals surface area contributed by atoms with Gasteiger partial charge in [-0.2, -0.15) is 0 Å². The molecule has 0 aromatic heterocycles. The van der Waals surface area contributed by atoms with Crippen LogP contribution in [-0.2, 0) is 9.53 Å². The van der Waals surface area contributed by atoms with Crippen molar-refractivity contribution >= 4 is 5.97 Å². The van der Waals surface area contributed by atoms with Crippen molar-refractivity contribution in [2.75, 3.05) is 19.8 Å². The molecule has 0 bridgehead atoms. The van der Waals surface area contributed by atoms with Crippen LogP contribution in [0.25, 0.3) is 0 Å². The van der Waals surface area contributed by atoms with E-state index in [9.17, 15) is 9.90 Å². The van der Waals surface area contributed by atoms with Crippen LogP contribution in [0.5, 0.6) is 11.5 Å². The third kappa shape index (κ3) is 3.86. The molecule has 5 nitrogen and oxygen atoms in total. The summed E-state index contributed by atoms with van der Waals surface area (Å²) in [6.07, 6.45) is 1.52. The molecule has 2 rings (SSSR count). The highest BCUT2D eigenvalue weighted by Gasteiger charge is 2.30. The summed E-state index contributed by atoms with van der Waals surface area (Å²) in [5.74, 6) is -0.519. The number of hydrogen-bond donors (Lipinski definition) is 2. The highest BCUT2D eigenvalue weighted by molar-refractivity contribution is 5.70. The maximum absolute atomic E-state index is 11.3. The number of phenolic OH excluding ortho intramolecular Hbond substituents is 1. The lowest BCUT2D eigenvalue weighted by molar-refractivity contribution is -0.146. The minimum atomic E-state index is -0.828. The van der Waals surface area contributed by atoms with Crippen molar-refractivity contribution in [2.24, 2.45) is 11.8 Å². The monoisotopic (exact) mass is 266 g/mol. The van der Waals surface area contributed by atoms with Crippen molar-refractivity contribution in [2.45, 2.75) is 12.8 Å². The summed E-state index contributed by atoms with van der Waals surface area (Å²) in [4.78, 5) is 11.3. The molecule has 1 fully saturated rings. The van der Waals surface area contributed by atoms with Gasteiger partial charge in [0.05, 0.1) is 5.92 Å². The van der Waals surface area contributed by atoms with Crippen molar-refractivity contribution in [1.29, 1.82) is 0 Å². The number of hydrogen-bond acceptors (Lipinski definition) is 4. The topological polar surface area (TPSA) is 76.0 Å². The van der Waals surface area contributed by atoms with Gasteiger partial charge in [0.15, 0.2) is 0 Å². The number of rotatable bonds is 5. The zero-order valence-electron chi connectivity index (χ0n) is 10.6. The first-order chi connectivity index (χ1) is 9.16. The first kappa shape index (κ1) is 13.7. The van der Waals surface area contributed by atoms with Gasteiger partial charge < -0.3 is 19.7 Å². The van der Waals surface area contributed by atoms with E-state index in [1.165, 1.54) is 12.1 Å². The largest absolute Gasteiger partial charge is 0.508 e. The third-order valence-electron chi connectivity index (χ3n) is 3.42. The van der Waals surface area contributed by atoms with E-state index in [4.69, 9.17) is 14.6 Å². The molecule has 1 unspecified atom stereocenters. The van der Waals surface area contributed by atoms with Crippen LogP contribution in [0, 0.1) is 11.8 Å². The second-order valence-corrected chi connectivity index (χ2v) is 4.70. The smallest absolute Gasteiger partial charge is 0.310 e. The average Bonchev–Trinajstić information content (AvgIpc) is 2.42. The second kappa shape index (κ2) is 6.43. The van der Waals surface area contributed by atoms with Gasteiger partial charge >= 0.3 is 5.97 Å². The lowest BCUT2D eigenvalue weighted by Crippen LogP contribution is -2.33. The quantitative estimate of drug-likeness (QED) is 0.851. The second-order valence-electron chi connectivity index (χ2n) is 4.70. The lowest BCUT2D eigenvalue weighted by Gasteiger charge is -2.27. The standard InChI is InChI=1S/C14H18O5/c15-11-1-3-12(4-2-11)19-9-13(14(16)17)10-5-7-18-8-6-10/h1-4,10,13,15H,5-9H2,(H,16,17). The van der Waals surface area contributed by atoms with Gasteiger partial charge in [0, 0.05) is 13.2 Å². The Labute approximate surface area is 111 Å². The van der Waals surface area contributed by atoms with E-state index in [0.717, 1.165) is 12.8 Å². The zero-order valence-corrected chi connectivity index (χ0v) is 10.6. The number of aliphatic carboxylic acids is 1. The van der Waals surface area contributed by atoms with Crippen LogP contribution in [-0.4, -0.2) is 36.0 Å². The minimum absolute atomic E-state index is 0.100. The first-order valence-corrected chi connectivity index (χ1v) is 6.39. The third-order valence-corrected chi connectivity index (χ3v) is 3.42. The molecule has 104 valence electrons. The Morgan fingerprint density at radius 3 is 2.53 bits per heavy atom. The average molecular weight is 266 g/mol. The number of carbonyl (C=O) groups is 1. The molecule has 1 aromatic rings. The number of carboxylic acid groups (broad SMARTS) is 1. The Balaban J connectivity index is 1.93. The van der Waals surface area contributed by atoms with Gasteiger partial charge in [0.1, 0.15) is 18.1 Å². The highest BCUT2D eigenvalue weighted by Crippen LogP contribution is 2.25. The number of aromatic hydroxyl groups is 1. The van der Waals surface area contributed by atoms with Crippen molar-refractivity contribution < 1.29 is 24.5 Å². The molecule has 1 aromatic carbocycles. The molecule has 5 heteroatoms. The fourth-order valence-corrected chi connectivity index (χ4v) is 2.26. The van der Waals surface area contributed by atoms with E-state index in [-0.39, 0.29) is 18.3 Å². The molecule has 1 aliphatic heterocycles. The lowest BCUT2D eigenvalue weighted by atomic mass is 9.86. The summed E-state index contributed by atoms with van der Waals surface area (Å²) < 4.78 is 10.7. The summed E-state index contributed by atoms with van der Waals surface area (Å²) in [5, 5.41) is 18.4. The predicted molar refractivity (Wildman–Crippen MR) is 68.3 cm³/mol. The summed E-state index contributed by atoms with van der Waals surface area (Å²) in [6.45, 7) is 1.38. The first-order valence-electron chi connectivity index (χ1n) is 6.39. The molecular weight excluding hydrogens is 248 g/mol. The highest BCUT2D eigenvalue weighted by atomic mass is 16.5. The molecule has 1 heterocycles. The van der Waals surface area contributed by atoms with Crippen LogP contribution >= 0.6 is 0 Å². The Morgan fingerprint density at radius 1 is 1.32 bits per heavy atom. The van der Waals surface area contributed by atoms with E-state index in [1.54, 1.807) is 12.1 Å². The van der Waals surface area contributed by atoms with Crippen molar-refractivity contribution in [3.05, 3.63) is 24.3 Å². The summed E-state index contributed by atoms with van der Waals surface area (Å²) in [7, 11) is 0. The molecule has 0 radical (unpaired) electrons. The number of ether oxygens (including phenoxy) is 2. The van der Waals surface area contributed by atoms with Crippen molar-refractivity contribution in [3.8, 4) is 11.5 Å². The summed E-state index contributed by atoms with van der Waals surface area (Å²) in [6, 6.07) is 6.27. The minimum Gasteiger partial charge on any atom is -0.508 e. The van der Waals surface area contributed by atoms with Crippen molar-refractivity contribution in [1.82, 2.24) is 0 Å². The fourth-order valence-electron chi connectivity index (χ4n) is 2.26. The maximum Gasteiger partial charge on any atom is 0.310 e. The van der Waals surface area contributed by atoms with Gasteiger partial charge in [-0.05, 0) is 43.0 Å². The Hall–Kier alpha value is -1.75. The molecule has 1 atom stereocenters. The van der Waals surface area contributed by atoms with Crippen molar-refractivity contribution in [3.63, 3.8) is 0 Å². The van der Waals surface area contributed by atoms with Crippen LogP contribution < -0.4 is 4.74 Å². The van der Waals surface area contributed by atoms with E-state index < -0.39 is 11.9 Å². The number of benzene rings is 1. The van der Waals surface area contributed by atoms with Gasteiger partial charge in [-0.3, -0.25) is 4.79 Å².